The molecule has 7 heteroatoms. The highest BCUT2D eigenvalue weighted by molar-refractivity contribution is 7.39. The van der Waals surface area contributed by atoms with Crippen molar-refractivity contribution in [1.29, 1.82) is 0 Å². The summed E-state index contributed by atoms with van der Waals surface area (Å²) in [4.78, 5) is 11.7. The largest absolute Gasteiger partial charge is 0.490 e. The maximum Gasteiger partial charge on any atom is 0.227 e. The second-order valence-electron chi connectivity index (χ2n) is 8.37. The Balaban J connectivity index is 2.12. The molecule has 1 unspecified atom stereocenters. The normalized spacial score (nSPS) is 21.9. The number of aliphatic hydroxyl groups is 1. The lowest BCUT2D eigenvalue weighted by molar-refractivity contribution is -0.119. The zero-order chi connectivity index (χ0) is 20.7. The van der Waals surface area contributed by atoms with Gasteiger partial charge in [0.15, 0.2) is 11.6 Å². The first-order valence-corrected chi connectivity index (χ1v) is 11.1. The molecule has 28 heavy (non-hydrogen) atoms. The van der Waals surface area contributed by atoms with E-state index in [-0.39, 0.29) is 35.5 Å². The molecule has 2 rings (SSSR count). The molecule has 0 saturated heterocycles. The lowest BCUT2D eigenvalue weighted by atomic mass is 9.91. The number of carbonyl (C=O) groups excluding carboxylic acids is 1. The van der Waals surface area contributed by atoms with E-state index < -0.39 is 5.83 Å². The van der Waals surface area contributed by atoms with Crippen LogP contribution in [0.25, 0.3) is 0 Å². The van der Waals surface area contributed by atoms with Gasteiger partial charge in [-0.05, 0) is 54.1 Å². The van der Waals surface area contributed by atoms with Crippen LogP contribution in [0, 0.1) is 11.3 Å². The maximum absolute atomic E-state index is 15.0. The lowest BCUT2D eigenvalue weighted by Crippen LogP contribution is -2.21. The van der Waals surface area contributed by atoms with E-state index in [1.54, 1.807) is 0 Å². The summed E-state index contributed by atoms with van der Waals surface area (Å²) in [5, 5.41) is 13.2. The van der Waals surface area contributed by atoms with E-state index in [0.717, 1.165) is 25.9 Å². The minimum atomic E-state index is -0.415. The van der Waals surface area contributed by atoms with Crippen LogP contribution in [0.2, 0.25) is 0 Å². The maximum atomic E-state index is 15.0. The van der Waals surface area contributed by atoms with Crippen molar-refractivity contribution in [2.45, 2.75) is 52.9 Å². The average Bonchev–Trinajstić information content (AvgIpc) is 2.86. The number of alkyl halides is 1. The summed E-state index contributed by atoms with van der Waals surface area (Å²) in [5.41, 5.74) is 1.33. The lowest BCUT2D eigenvalue weighted by Gasteiger charge is -2.25. The highest BCUT2D eigenvalue weighted by atomic mass is 35.5. The number of ether oxygens (including phenoxy) is 1. The van der Waals surface area contributed by atoms with Gasteiger partial charge in [-0.15, -0.1) is 11.6 Å². The zero-order valence-corrected chi connectivity index (χ0v) is 18.5. The summed E-state index contributed by atoms with van der Waals surface area (Å²) in [5.74, 6) is 0.352. The minimum Gasteiger partial charge on any atom is -0.490 e. The van der Waals surface area contributed by atoms with Crippen molar-refractivity contribution in [3.05, 3.63) is 34.9 Å². The predicted molar refractivity (Wildman–Crippen MR) is 114 cm³/mol. The Labute approximate surface area is 173 Å². The van der Waals surface area contributed by atoms with Crippen LogP contribution in [0.4, 0.5) is 4.39 Å². The molecule has 0 aromatic heterocycles. The molecule has 2 N–H and O–H groups in total. The molecule has 0 spiro atoms. The van der Waals surface area contributed by atoms with Gasteiger partial charge in [-0.2, -0.15) is 0 Å². The first-order chi connectivity index (χ1) is 13.2. The molecule has 0 saturated carbocycles. The molecule has 0 bridgehead atoms. The van der Waals surface area contributed by atoms with E-state index in [1.165, 1.54) is 11.4 Å². The van der Waals surface area contributed by atoms with Crippen LogP contribution in [0.5, 0.6) is 0 Å². The molecule has 2 aliphatic rings. The molecule has 156 valence electrons. The first kappa shape index (κ1) is 23.1. The Bertz CT molecular complexity index is 712. The molecule has 1 atom stereocenters. The van der Waals surface area contributed by atoms with Crippen molar-refractivity contribution in [1.82, 2.24) is 5.09 Å². The number of carbonyl (C=O) groups is 1. The summed E-state index contributed by atoms with van der Waals surface area (Å²) >= 11 is 6.07. The predicted octanol–water partition coefficient (Wildman–Crippen LogP) is 5.06. The van der Waals surface area contributed by atoms with Crippen LogP contribution in [0.1, 0.15) is 52.9 Å². The number of nitrogens with one attached hydrogen (secondary N) is 1. The van der Waals surface area contributed by atoms with Gasteiger partial charge >= 0.3 is 0 Å². The van der Waals surface area contributed by atoms with E-state index in [2.05, 4.69) is 12.0 Å². The second-order valence-corrected chi connectivity index (χ2v) is 9.72. The third-order valence-electron chi connectivity index (χ3n) is 4.88. The number of aliphatic hydroxyl groups excluding tert-OH is 1. The van der Waals surface area contributed by atoms with Crippen molar-refractivity contribution in [3.8, 4) is 0 Å². The first-order valence-electron chi connectivity index (χ1n) is 9.66. The molecular weight excluding hydrogens is 400 g/mol. The van der Waals surface area contributed by atoms with Gasteiger partial charge in [0.05, 0.1) is 6.61 Å². The monoisotopic (exact) mass is 429 g/mol. The number of halogens is 2. The van der Waals surface area contributed by atoms with Gasteiger partial charge in [-0.25, -0.2) is 4.39 Å². The standard InChI is InChI=1S/C21H30ClFNO3P/c1-14-8-17(28-24-19(26)9-14)10-15-4-5-16(12-22)20(18(23)11-15)27-13-21(2,3)6-7-25/h4,11,14,25H,5-10,12-13H2,1-3H3,(H,24,26). The molecule has 1 heterocycles. The Kier molecular flexibility index (Phi) is 8.73. The van der Waals surface area contributed by atoms with Crippen LogP contribution >= 0.6 is 20.0 Å². The van der Waals surface area contributed by atoms with Crippen LogP contribution in [-0.2, 0) is 9.53 Å². The Morgan fingerprint density at radius 3 is 2.86 bits per heavy atom. The van der Waals surface area contributed by atoms with Crippen LogP contribution in [-0.4, -0.2) is 35.4 Å². The van der Waals surface area contributed by atoms with Gasteiger partial charge < -0.3 is 14.9 Å². The summed E-state index contributed by atoms with van der Waals surface area (Å²) in [7, 11) is 0.815. The minimum absolute atomic E-state index is 0.0630. The quantitative estimate of drug-likeness (QED) is 0.419. The van der Waals surface area contributed by atoms with Gasteiger partial charge in [0.2, 0.25) is 5.91 Å². The molecule has 1 amide bonds. The number of hydrogen-bond acceptors (Lipinski definition) is 3. The Hall–Kier alpha value is -1.16. The molecule has 4 nitrogen and oxygen atoms in total. The highest BCUT2D eigenvalue weighted by Crippen LogP contribution is 2.32. The molecular formula is C21H30ClFNO3P. The fraction of sp³-hybridized carbons (Fsp3) is 0.619. The molecule has 1 aliphatic heterocycles. The smallest absolute Gasteiger partial charge is 0.227 e. The molecule has 0 aromatic rings. The van der Waals surface area contributed by atoms with E-state index >= 15 is 0 Å². The third-order valence-corrected chi connectivity index (χ3v) is 6.22. The third kappa shape index (κ3) is 7.02. The summed E-state index contributed by atoms with van der Waals surface area (Å²) in [6.07, 6.45) is 6.62. The summed E-state index contributed by atoms with van der Waals surface area (Å²) in [6, 6.07) is 0. The molecule has 0 aromatic carbocycles. The number of hydrogen-bond donors (Lipinski definition) is 2. The van der Waals surface area contributed by atoms with Gasteiger partial charge in [0.25, 0.3) is 0 Å². The van der Waals surface area contributed by atoms with Crippen molar-refractivity contribution < 1.29 is 19.0 Å². The van der Waals surface area contributed by atoms with Crippen LogP contribution in [0.15, 0.2) is 34.9 Å². The van der Waals surface area contributed by atoms with Crippen LogP contribution < -0.4 is 5.09 Å². The Morgan fingerprint density at radius 2 is 2.18 bits per heavy atom. The number of allylic oxidation sites excluding steroid dienone is 5. The highest BCUT2D eigenvalue weighted by Gasteiger charge is 2.23. The zero-order valence-electron chi connectivity index (χ0n) is 16.9. The number of rotatable bonds is 8. The van der Waals surface area contributed by atoms with E-state index in [1.807, 2.05) is 19.9 Å². The fourth-order valence-electron chi connectivity index (χ4n) is 3.23. The fourth-order valence-corrected chi connectivity index (χ4v) is 4.50. The van der Waals surface area contributed by atoms with Gasteiger partial charge in [-0.3, -0.25) is 4.79 Å². The second kappa shape index (κ2) is 10.6. The van der Waals surface area contributed by atoms with E-state index in [4.69, 9.17) is 21.4 Å². The SMILES string of the molecule is CC1CC(=O)NP=C(CC2=CCC(CCl)=C(OCC(C)(C)CCO)C(F)=C2)C1. The van der Waals surface area contributed by atoms with Crippen LogP contribution in [0.3, 0.4) is 0 Å². The van der Waals surface area contributed by atoms with E-state index in [0.29, 0.717) is 32.3 Å². The summed E-state index contributed by atoms with van der Waals surface area (Å²) < 4.78 is 20.8. The van der Waals surface area contributed by atoms with Crippen molar-refractivity contribution in [2.75, 3.05) is 19.1 Å². The van der Waals surface area contributed by atoms with Crippen molar-refractivity contribution in [3.63, 3.8) is 0 Å². The average molecular weight is 430 g/mol. The molecule has 1 aliphatic carbocycles. The Morgan fingerprint density at radius 1 is 1.43 bits per heavy atom. The van der Waals surface area contributed by atoms with E-state index in [9.17, 15) is 9.18 Å². The number of amides is 1. The van der Waals surface area contributed by atoms with Crippen molar-refractivity contribution >= 4 is 31.2 Å². The summed E-state index contributed by atoms with van der Waals surface area (Å²) in [6.45, 7) is 6.38. The topological polar surface area (TPSA) is 58.6 Å². The van der Waals surface area contributed by atoms with Gasteiger partial charge in [0.1, 0.15) is 0 Å². The van der Waals surface area contributed by atoms with Gasteiger partial charge in [-0.1, -0.05) is 26.8 Å². The molecule has 0 radical (unpaired) electrons. The van der Waals surface area contributed by atoms with Gasteiger partial charge in [0, 0.05) is 32.7 Å². The van der Waals surface area contributed by atoms with Crippen molar-refractivity contribution in [2.24, 2.45) is 11.3 Å². The molecule has 0 fully saturated rings.